The number of ether oxygens (including phenoxy) is 1. The molecule has 30 heavy (non-hydrogen) atoms. The van der Waals surface area contributed by atoms with Crippen molar-refractivity contribution in [1.29, 1.82) is 0 Å². The highest BCUT2D eigenvalue weighted by molar-refractivity contribution is 7.91. The maximum Gasteiger partial charge on any atom is 0.409 e. The summed E-state index contributed by atoms with van der Waals surface area (Å²) in [4.78, 5) is 31.0. The Labute approximate surface area is 178 Å². The number of carbonyl (C=O) groups excluding carboxylic acids is 2. The lowest BCUT2D eigenvalue weighted by molar-refractivity contribution is -0.139. The Hall–Kier alpha value is -2.13. The maximum atomic E-state index is 13.5. The lowest BCUT2D eigenvalue weighted by Gasteiger charge is -2.40. The molecule has 1 aromatic carbocycles. The van der Waals surface area contributed by atoms with Crippen molar-refractivity contribution >= 4 is 21.8 Å². The van der Waals surface area contributed by atoms with Crippen LogP contribution in [-0.2, 0) is 19.4 Å². The number of sulfone groups is 1. The van der Waals surface area contributed by atoms with E-state index in [2.05, 4.69) is 0 Å². The van der Waals surface area contributed by atoms with Crippen molar-refractivity contribution in [3.8, 4) is 0 Å². The minimum absolute atomic E-state index is 0.0457. The topological polar surface area (TPSA) is 87.2 Å². The van der Waals surface area contributed by atoms with E-state index in [1.54, 1.807) is 9.80 Å². The normalized spacial score (nSPS) is 20.8. The number of nitrogens with zero attached hydrogens (tertiary/aromatic N) is 3. The molecule has 0 bridgehead atoms. The molecule has 0 radical (unpaired) electrons. The number of piperazine rings is 1. The van der Waals surface area contributed by atoms with E-state index >= 15 is 0 Å². The van der Waals surface area contributed by atoms with E-state index in [0.29, 0.717) is 45.9 Å². The minimum Gasteiger partial charge on any atom is -0.449 e. The van der Waals surface area contributed by atoms with Crippen LogP contribution < -0.4 is 0 Å². The fourth-order valence-corrected chi connectivity index (χ4v) is 4.97. The first kappa shape index (κ1) is 22.6. The Morgan fingerprint density at radius 1 is 0.933 bits per heavy atom. The second-order valence-electron chi connectivity index (χ2n) is 8.28. The zero-order chi connectivity index (χ0) is 21.7. The van der Waals surface area contributed by atoms with Crippen LogP contribution in [0.15, 0.2) is 30.3 Å². The van der Waals surface area contributed by atoms with Gasteiger partial charge in [0, 0.05) is 39.3 Å². The third-order valence-corrected chi connectivity index (χ3v) is 7.09. The van der Waals surface area contributed by atoms with Crippen LogP contribution in [-0.4, -0.2) is 92.5 Å². The summed E-state index contributed by atoms with van der Waals surface area (Å²) in [6, 6.07) is 8.97. The molecule has 3 rings (SSSR count). The van der Waals surface area contributed by atoms with Gasteiger partial charge in [-0.05, 0) is 11.5 Å². The summed E-state index contributed by atoms with van der Waals surface area (Å²) >= 11 is 0. The first-order chi connectivity index (χ1) is 14.3. The van der Waals surface area contributed by atoms with Crippen LogP contribution >= 0.6 is 0 Å². The van der Waals surface area contributed by atoms with Gasteiger partial charge in [-0.1, -0.05) is 44.2 Å². The van der Waals surface area contributed by atoms with Crippen molar-refractivity contribution in [3.05, 3.63) is 35.9 Å². The maximum absolute atomic E-state index is 13.5. The third kappa shape index (κ3) is 5.72. The lowest BCUT2D eigenvalue weighted by Crippen LogP contribution is -2.54. The molecule has 2 aliphatic rings. The van der Waals surface area contributed by atoms with Crippen LogP contribution in [0.2, 0.25) is 0 Å². The van der Waals surface area contributed by atoms with E-state index in [9.17, 15) is 18.0 Å². The standard InChI is InChI=1S/C21H31N3O5S/c1-17(2)16-29-21(26)24-10-8-23(9-11-24)20(25)19(18-6-4-3-5-7-18)22-12-14-30(27,28)15-13-22/h3-7,17,19H,8-16H2,1-2H3. The molecule has 2 saturated heterocycles. The molecule has 2 fully saturated rings. The third-order valence-electron chi connectivity index (χ3n) is 5.48. The fourth-order valence-electron chi connectivity index (χ4n) is 3.74. The molecule has 9 heteroatoms. The van der Waals surface area contributed by atoms with E-state index in [1.807, 2.05) is 49.1 Å². The van der Waals surface area contributed by atoms with Crippen molar-refractivity contribution < 1.29 is 22.7 Å². The largest absolute Gasteiger partial charge is 0.449 e. The number of hydrogen-bond acceptors (Lipinski definition) is 6. The van der Waals surface area contributed by atoms with E-state index in [0.717, 1.165) is 5.56 Å². The predicted octanol–water partition coefficient (Wildman–Crippen LogP) is 1.39. The molecule has 0 saturated carbocycles. The second kappa shape index (κ2) is 9.78. The van der Waals surface area contributed by atoms with Gasteiger partial charge in [0.2, 0.25) is 5.91 Å². The molecule has 166 valence electrons. The van der Waals surface area contributed by atoms with Crippen LogP contribution in [0.4, 0.5) is 4.79 Å². The second-order valence-corrected chi connectivity index (χ2v) is 10.6. The van der Waals surface area contributed by atoms with Crippen LogP contribution in [0, 0.1) is 5.92 Å². The summed E-state index contributed by atoms with van der Waals surface area (Å²) in [5.41, 5.74) is 0.862. The summed E-state index contributed by atoms with van der Waals surface area (Å²) < 4.78 is 29.0. The molecule has 2 heterocycles. The summed E-state index contributed by atoms with van der Waals surface area (Å²) in [5, 5.41) is 0. The Bertz CT molecular complexity index is 821. The molecule has 1 atom stereocenters. The van der Waals surface area contributed by atoms with Gasteiger partial charge in [0.25, 0.3) is 0 Å². The Morgan fingerprint density at radius 3 is 2.07 bits per heavy atom. The molecule has 1 aromatic rings. The van der Waals surface area contributed by atoms with Crippen LogP contribution in [0.25, 0.3) is 0 Å². The molecule has 1 unspecified atom stereocenters. The fraction of sp³-hybridized carbons (Fsp3) is 0.619. The summed E-state index contributed by atoms with van der Waals surface area (Å²) in [7, 11) is -3.04. The lowest BCUT2D eigenvalue weighted by atomic mass is 10.0. The predicted molar refractivity (Wildman–Crippen MR) is 114 cm³/mol. The molecular weight excluding hydrogens is 406 g/mol. The molecule has 2 amide bonds. The van der Waals surface area contributed by atoms with E-state index in [4.69, 9.17) is 4.74 Å². The highest BCUT2D eigenvalue weighted by Gasteiger charge is 2.36. The Kier molecular flexibility index (Phi) is 7.36. The number of rotatable bonds is 5. The van der Waals surface area contributed by atoms with Crippen LogP contribution in [0.1, 0.15) is 25.5 Å². The number of carbonyl (C=O) groups is 2. The first-order valence-corrected chi connectivity index (χ1v) is 12.3. The van der Waals surface area contributed by atoms with E-state index < -0.39 is 15.9 Å². The van der Waals surface area contributed by atoms with E-state index in [1.165, 1.54) is 0 Å². The molecule has 8 nitrogen and oxygen atoms in total. The van der Waals surface area contributed by atoms with E-state index in [-0.39, 0.29) is 29.4 Å². The van der Waals surface area contributed by atoms with Gasteiger partial charge >= 0.3 is 6.09 Å². The first-order valence-electron chi connectivity index (χ1n) is 10.5. The summed E-state index contributed by atoms with van der Waals surface area (Å²) in [6.07, 6.45) is -0.336. The highest BCUT2D eigenvalue weighted by atomic mass is 32.2. The monoisotopic (exact) mass is 437 g/mol. The SMILES string of the molecule is CC(C)COC(=O)N1CCN(C(=O)C(c2ccccc2)N2CCS(=O)(=O)CC2)CC1. The Balaban J connectivity index is 1.66. The van der Waals surface area contributed by atoms with Gasteiger partial charge < -0.3 is 14.5 Å². The summed E-state index contributed by atoms with van der Waals surface area (Å²) in [6.45, 7) is 6.77. The van der Waals surface area contributed by atoms with Crippen molar-refractivity contribution in [2.75, 3.05) is 57.4 Å². The molecule has 0 spiro atoms. The van der Waals surface area contributed by atoms with Crippen molar-refractivity contribution in [3.63, 3.8) is 0 Å². The zero-order valence-electron chi connectivity index (χ0n) is 17.7. The van der Waals surface area contributed by atoms with Gasteiger partial charge in [-0.15, -0.1) is 0 Å². The van der Waals surface area contributed by atoms with Crippen molar-refractivity contribution in [2.45, 2.75) is 19.9 Å². The highest BCUT2D eigenvalue weighted by Crippen LogP contribution is 2.26. The number of benzene rings is 1. The molecular formula is C21H31N3O5S. The number of amides is 2. The van der Waals surface area contributed by atoms with Crippen LogP contribution in [0.3, 0.4) is 0 Å². The average molecular weight is 438 g/mol. The van der Waals surface area contributed by atoms with Gasteiger partial charge in [0.05, 0.1) is 18.1 Å². The van der Waals surface area contributed by atoms with Crippen molar-refractivity contribution in [2.24, 2.45) is 5.92 Å². The Morgan fingerprint density at radius 2 is 1.50 bits per heavy atom. The molecule has 0 aromatic heterocycles. The van der Waals surface area contributed by atoms with Crippen LogP contribution in [0.5, 0.6) is 0 Å². The number of hydrogen-bond donors (Lipinski definition) is 0. The average Bonchev–Trinajstić information content (AvgIpc) is 2.74. The van der Waals surface area contributed by atoms with Gasteiger partial charge in [-0.2, -0.15) is 0 Å². The van der Waals surface area contributed by atoms with Gasteiger partial charge in [-0.25, -0.2) is 13.2 Å². The quantitative estimate of drug-likeness (QED) is 0.692. The van der Waals surface area contributed by atoms with Gasteiger partial charge in [0.15, 0.2) is 9.84 Å². The smallest absolute Gasteiger partial charge is 0.409 e. The molecule has 0 N–H and O–H groups in total. The zero-order valence-corrected chi connectivity index (χ0v) is 18.5. The van der Waals surface area contributed by atoms with Gasteiger partial charge in [-0.3, -0.25) is 9.69 Å². The van der Waals surface area contributed by atoms with Crippen molar-refractivity contribution in [1.82, 2.24) is 14.7 Å². The van der Waals surface area contributed by atoms with Gasteiger partial charge in [0.1, 0.15) is 6.04 Å². The molecule has 2 aliphatic heterocycles. The summed E-state index contributed by atoms with van der Waals surface area (Å²) in [5.74, 6) is 0.366. The minimum atomic E-state index is -3.04. The molecule has 0 aliphatic carbocycles.